The number of nitrogens with zero attached hydrogens (tertiary/aromatic N) is 5. The molecule has 2 atom stereocenters. The SMILES string of the molecule is CCc1nc2c(N)ncc(-c3cnn([C@H]4CC[C@@](C)(O)CC4)c3)c2nc1N[C@@H]1CC[C@H](O)C1. The number of anilines is 2. The molecule has 5 N–H and O–H groups in total. The smallest absolute Gasteiger partial charge is 0.151 e. The number of nitrogens with two attached hydrogens (primary N) is 1. The van der Waals surface area contributed by atoms with Crippen molar-refractivity contribution >= 4 is 22.7 Å². The Morgan fingerprint density at radius 3 is 2.64 bits per heavy atom. The summed E-state index contributed by atoms with van der Waals surface area (Å²) in [7, 11) is 0. The Kier molecular flexibility index (Phi) is 5.70. The number of hydrogen-bond acceptors (Lipinski definition) is 8. The van der Waals surface area contributed by atoms with Gasteiger partial charge in [-0.3, -0.25) is 4.68 Å². The van der Waals surface area contributed by atoms with Crippen molar-refractivity contribution in [3.8, 4) is 11.1 Å². The van der Waals surface area contributed by atoms with Gasteiger partial charge in [-0.05, 0) is 58.3 Å². The molecule has 0 radical (unpaired) electrons. The molecule has 3 aromatic heterocycles. The fourth-order valence-electron chi connectivity index (χ4n) is 5.11. The minimum absolute atomic E-state index is 0.186. The molecule has 0 unspecified atom stereocenters. The molecular formula is C24H33N7O2. The molecule has 0 amide bonds. The van der Waals surface area contributed by atoms with Crippen LogP contribution in [0.25, 0.3) is 22.2 Å². The summed E-state index contributed by atoms with van der Waals surface area (Å²) in [5.74, 6) is 1.11. The van der Waals surface area contributed by atoms with Gasteiger partial charge in [0.15, 0.2) is 5.82 Å². The van der Waals surface area contributed by atoms with E-state index in [9.17, 15) is 10.2 Å². The van der Waals surface area contributed by atoms with Gasteiger partial charge in [-0.2, -0.15) is 5.10 Å². The van der Waals surface area contributed by atoms with Crippen LogP contribution in [0.3, 0.4) is 0 Å². The molecule has 9 heteroatoms. The second-order valence-electron chi connectivity index (χ2n) is 9.87. The third kappa shape index (κ3) is 4.39. The number of nitrogens with one attached hydrogen (secondary N) is 1. The number of aryl methyl sites for hydroxylation is 1. The summed E-state index contributed by atoms with van der Waals surface area (Å²) in [6.07, 6.45) is 11.9. The van der Waals surface area contributed by atoms with Crippen LogP contribution in [0.4, 0.5) is 11.6 Å². The molecule has 2 fully saturated rings. The Hall–Kier alpha value is -2.78. The maximum atomic E-state index is 10.3. The van der Waals surface area contributed by atoms with Crippen LogP contribution in [0.1, 0.15) is 70.5 Å². The second-order valence-corrected chi connectivity index (χ2v) is 9.87. The number of nitrogen functional groups attached to an aromatic ring is 1. The summed E-state index contributed by atoms with van der Waals surface area (Å²) >= 11 is 0. The van der Waals surface area contributed by atoms with Gasteiger partial charge in [0.1, 0.15) is 16.9 Å². The summed E-state index contributed by atoms with van der Waals surface area (Å²) < 4.78 is 2.00. The first-order valence-electron chi connectivity index (χ1n) is 12.0. The van der Waals surface area contributed by atoms with Crippen molar-refractivity contribution in [1.82, 2.24) is 24.7 Å². The van der Waals surface area contributed by atoms with Gasteiger partial charge in [0, 0.05) is 29.6 Å². The first-order valence-corrected chi connectivity index (χ1v) is 12.0. The Labute approximate surface area is 193 Å². The molecule has 0 spiro atoms. The van der Waals surface area contributed by atoms with Crippen LogP contribution in [0, 0.1) is 0 Å². The molecule has 176 valence electrons. The lowest BCUT2D eigenvalue weighted by atomic mass is 9.84. The maximum absolute atomic E-state index is 10.3. The molecule has 0 saturated heterocycles. The molecule has 3 aromatic rings. The van der Waals surface area contributed by atoms with Gasteiger partial charge >= 0.3 is 0 Å². The topological polar surface area (TPSA) is 135 Å². The van der Waals surface area contributed by atoms with Crippen molar-refractivity contribution in [3.63, 3.8) is 0 Å². The Balaban J connectivity index is 1.50. The van der Waals surface area contributed by atoms with E-state index in [2.05, 4.69) is 15.4 Å². The van der Waals surface area contributed by atoms with Crippen molar-refractivity contribution in [2.24, 2.45) is 0 Å². The zero-order chi connectivity index (χ0) is 23.2. The third-order valence-corrected chi connectivity index (χ3v) is 7.20. The monoisotopic (exact) mass is 451 g/mol. The van der Waals surface area contributed by atoms with Crippen LogP contribution < -0.4 is 11.1 Å². The van der Waals surface area contributed by atoms with E-state index < -0.39 is 5.60 Å². The fraction of sp³-hybridized carbons (Fsp3) is 0.583. The van der Waals surface area contributed by atoms with Gasteiger partial charge in [0.2, 0.25) is 0 Å². The number of hydrogen-bond donors (Lipinski definition) is 4. The molecule has 0 bridgehead atoms. The zero-order valence-corrected chi connectivity index (χ0v) is 19.3. The van der Waals surface area contributed by atoms with Crippen LogP contribution in [-0.4, -0.2) is 52.7 Å². The van der Waals surface area contributed by atoms with Crippen molar-refractivity contribution in [2.45, 2.75) is 89.0 Å². The van der Waals surface area contributed by atoms with Crippen molar-refractivity contribution in [3.05, 3.63) is 24.3 Å². The minimum Gasteiger partial charge on any atom is -0.393 e. The van der Waals surface area contributed by atoms with Crippen LogP contribution in [0.15, 0.2) is 18.6 Å². The first-order chi connectivity index (χ1) is 15.8. The molecule has 5 rings (SSSR count). The Morgan fingerprint density at radius 1 is 1.15 bits per heavy atom. The molecule has 3 heterocycles. The second kappa shape index (κ2) is 8.53. The third-order valence-electron chi connectivity index (χ3n) is 7.20. The van der Waals surface area contributed by atoms with Crippen molar-refractivity contribution in [2.75, 3.05) is 11.1 Å². The molecule has 0 aliphatic heterocycles. The quantitative estimate of drug-likeness (QED) is 0.464. The number of rotatable bonds is 5. The highest BCUT2D eigenvalue weighted by Gasteiger charge is 2.30. The van der Waals surface area contributed by atoms with E-state index >= 15 is 0 Å². The normalized spacial score (nSPS) is 27.8. The molecule has 2 aliphatic carbocycles. The number of fused-ring (bicyclic) bond motifs is 1. The van der Waals surface area contributed by atoms with Gasteiger partial charge in [-0.25, -0.2) is 15.0 Å². The molecular weight excluding hydrogens is 418 g/mol. The van der Waals surface area contributed by atoms with Gasteiger partial charge in [-0.1, -0.05) is 6.92 Å². The van der Waals surface area contributed by atoms with Gasteiger partial charge in [0.05, 0.1) is 29.6 Å². The summed E-state index contributed by atoms with van der Waals surface area (Å²) in [4.78, 5) is 14.2. The maximum Gasteiger partial charge on any atom is 0.151 e. The lowest BCUT2D eigenvalue weighted by molar-refractivity contribution is 0.00852. The highest BCUT2D eigenvalue weighted by Crippen LogP contribution is 2.36. The van der Waals surface area contributed by atoms with E-state index in [1.807, 2.05) is 30.9 Å². The predicted octanol–water partition coefficient (Wildman–Crippen LogP) is 3.22. The summed E-state index contributed by atoms with van der Waals surface area (Å²) in [5.41, 5.74) is 9.53. The lowest BCUT2D eigenvalue weighted by Gasteiger charge is -2.33. The summed E-state index contributed by atoms with van der Waals surface area (Å²) in [5, 5.41) is 28.3. The largest absolute Gasteiger partial charge is 0.393 e. The molecule has 33 heavy (non-hydrogen) atoms. The summed E-state index contributed by atoms with van der Waals surface area (Å²) in [6.45, 7) is 3.95. The van der Waals surface area contributed by atoms with Crippen LogP contribution >= 0.6 is 0 Å². The van der Waals surface area contributed by atoms with E-state index in [0.29, 0.717) is 23.3 Å². The van der Waals surface area contributed by atoms with E-state index in [1.54, 1.807) is 6.20 Å². The lowest BCUT2D eigenvalue weighted by Crippen LogP contribution is -2.31. The number of aliphatic hydroxyl groups excluding tert-OH is 1. The number of pyridine rings is 1. The Bertz CT molecular complexity index is 1150. The van der Waals surface area contributed by atoms with Crippen molar-refractivity contribution < 1.29 is 10.2 Å². The fourth-order valence-corrected chi connectivity index (χ4v) is 5.11. The average Bonchev–Trinajstić information content (AvgIpc) is 3.43. The number of aromatic nitrogens is 5. The van der Waals surface area contributed by atoms with Crippen LogP contribution in [0.5, 0.6) is 0 Å². The van der Waals surface area contributed by atoms with E-state index in [0.717, 1.165) is 67.6 Å². The highest BCUT2D eigenvalue weighted by atomic mass is 16.3. The van der Waals surface area contributed by atoms with E-state index in [-0.39, 0.29) is 18.2 Å². The van der Waals surface area contributed by atoms with E-state index in [1.165, 1.54) is 0 Å². The standard InChI is InChI=1S/C24H33N7O2/c1-3-19-23(28-15-4-5-17(32)10-15)30-20-18(12-26-22(25)21(20)29-19)14-11-27-31(13-14)16-6-8-24(2,33)9-7-16/h11-13,15-17,32-33H,3-10H2,1-2H3,(H2,25,26)(H,28,30)/t15-,16-,17+,24+/m1/s1. The minimum atomic E-state index is -0.575. The van der Waals surface area contributed by atoms with Gasteiger partial charge in [-0.15, -0.1) is 0 Å². The average molecular weight is 452 g/mol. The summed E-state index contributed by atoms with van der Waals surface area (Å²) in [6, 6.07) is 0.460. The number of aliphatic hydroxyl groups is 2. The van der Waals surface area contributed by atoms with Gasteiger partial charge in [0.25, 0.3) is 0 Å². The first kappa shape index (κ1) is 22.0. The molecule has 2 saturated carbocycles. The zero-order valence-electron chi connectivity index (χ0n) is 19.3. The molecule has 9 nitrogen and oxygen atoms in total. The molecule has 0 aromatic carbocycles. The van der Waals surface area contributed by atoms with Crippen LogP contribution in [0.2, 0.25) is 0 Å². The van der Waals surface area contributed by atoms with Gasteiger partial charge < -0.3 is 21.3 Å². The Morgan fingerprint density at radius 2 is 1.94 bits per heavy atom. The van der Waals surface area contributed by atoms with Crippen molar-refractivity contribution in [1.29, 1.82) is 0 Å². The van der Waals surface area contributed by atoms with E-state index in [4.69, 9.17) is 15.7 Å². The van der Waals surface area contributed by atoms with Crippen LogP contribution in [-0.2, 0) is 6.42 Å². The highest BCUT2D eigenvalue weighted by molar-refractivity contribution is 5.96. The molecule has 2 aliphatic rings. The predicted molar refractivity (Wildman–Crippen MR) is 128 cm³/mol.